The predicted molar refractivity (Wildman–Crippen MR) is 279 cm³/mol. The molecule has 0 aromatic heterocycles. The maximum atomic E-state index is 12.9. The number of aliphatic hydroxyl groups excluding tert-OH is 1. The highest BCUT2D eigenvalue weighted by atomic mass is 31.2. The SMILES string of the molecule is CC/C=C\C/C=C\C/C=C\C/C=C\C/C=C\CCCCCC(=O)NC(COP(=O)([O-])OCC[N+](C)(C)C)C(O)/C=C/CC/C=C/CCCCCCCCCCCCCCCCCCCC. The number of carbonyl (C=O) groups excluding carboxylic acids is 1. The van der Waals surface area contributed by atoms with E-state index in [1.165, 1.54) is 116 Å². The van der Waals surface area contributed by atoms with Crippen LogP contribution in [0.1, 0.15) is 213 Å². The smallest absolute Gasteiger partial charge is 0.268 e. The number of unbranched alkanes of at least 4 members (excludes halogenated alkanes) is 22. The lowest BCUT2D eigenvalue weighted by Crippen LogP contribution is -2.45. The van der Waals surface area contributed by atoms with Crippen LogP contribution in [0.3, 0.4) is 0 Å². The van der Waals surface area contributed by atoms with Crippen molar-refractivity contribution in [2.75, 3.05) is 40.9 Å². The molecule has 0 aromatic rings. The summed E-state index contributed by atoms with van der Waals surface area (Å²) < 4.78 is 23.3. The molecule has 0 fully saturated rings. The maximum Gasteiger partial charge on any atom is 0.268 e. The van der Waals surface area contributed by atoms with Gasteiger partial charge in [-0.15, -0.1) is 0 Å². The topological polar surface area (TPSA) is 108 Å². The van der Waals surface area contributed by atoms with Gasteiger partial charge in [0, 0.05) is 6.42 Å². The van der Waals surface area contributed by atoms with Crippen LogP contribution in [0.2, 0.25) is 0 Å². The van der Waals surface area contributed by atoms with Crippen LogP contribution < -0.4 is 10.2 Å². The number of phosphoric ester groups is 1. The molecule has 65 heavy (non-hydrogen) atoms. The number of hydrogen-bond acceptors (Lipinski definition) is 6. The highest BCUT2D eigenvalue weighted by Gasteiger charge is 2.23. The first-order valence-electron chi connectivity index (χ1n) is 26.4. The van der Waals surface area contributed by atoms with Crippen LogP contribution in [0.15, 0.2) is 85.1 Å². The average Bonchev–Trinajstić information content (AvgIpc) is 3.26. The Kier molecular flexibility index (Phi) is 45.1. The van der Waals surface area contributed by atoms with Gasteiger partial charge in [0.1, 0.15) is 13.2 Å². The third-order valence-corrected chi connectivity index (χ3v) is 12.3. The second-order valence-electron chi connectivity index (χ2n) is 18.8. The summed E-state index contributed by atoms with van der Waals surface area (Å²) in [4.78, 5) is 25.4. The van der Waals surface area contributed by atoms with E-state index in [0.29, 0.717) is 17.4 Å². The van der Waals surface area contributed by atoms with E-state index < -0.39 is 26.6 Å². The number of amides is 1. The summed E-state index contributed by atoms with van der Waals surface area (Å²) in [6, 6.07) is -0.926. The van der Waals surface area contributed by atoms with Crippen LogP contribution in [-0.2, 0) is 18.4 Å². The first-order valence-corrected chi connectivity index (χ1v) is 27.9. The number of likely N-dealkylation sites (N-methyl/N-ethyl adjacent to an activating group) is 1. The molecule has 0 aliphatic carbocycles. The standard InChI is InChI=1S/C56H101N2O6P/c1-6-8-10-12-14-16-18-20-22-24-26-27-28-29-30-32-33-35-37-39-41-43-45-47-49-55(59)54(53-64-65(61,62)63-52-51-58(3,4)5)57-56(60)50-48-46-44-42-40-38-36-34-31-25-23-21-19-17-15-13-11-9-7-2/h9,11,15,17,21,23,31,34,38-41,47,49,54-55,59H,6-8,10,12-14,16,18-20,22,24-30,32-33,35-37,42-46,48,50-53H2,1-5H3,(H-,57,60,61,62)/b11-9-,17-15-,23-21-,34-31-,40-38-,41-39+,49-47+. The summed E-state index contributed by atoms with van der Waals surface area (Å²) in [6.07, 6.45) is 65.1. The van der Waals surface area contributed by atoms with Gasteiger partial charge in [-0.3, -0.25) is 9.36 Å². The summed E-state index contributed by atoms with van der Waals surface area (Å²) in [5, 5.41) is 13.8. The molecule has 9 heteroatoms. The van der Waals surface area contributed by atoms with E-state index in [4.69, 9.17) is 9.05 Å². The fourth-order valence-electron chi connectivity index (χ4n) is 7.19. The van der Waals surface area contributed by atoms with Crippen LogP contribution in [0.5, 0.6) is 0 Å². The summed E-state index contributed by atoms with van der Waals surface area (Å²) >= 11 is 0. The Hall–Kier alpha value is -2.32. The van der Waals surface area contributed by atoms with Gasteiger partial charge < -0.3 is 28.8 Å². The Morgan fingerprint density at radius 1 is 0.554 bits per heavy atom. The van der Waals surface area contributed by atoms with Gasteiger partial charge in [0.2, 0.25) is 5.91 Å². The van der Waals surface area contributed by atoms with E-state index >= 15 is 0 Å². The van der Waals surface area contributed by atoms with E-state index in [0.717, 1.165) is 70.6 Å². The van der Waals surface area contributed by atoms with Crippen molar-refractivity contribution in [1.82, 2.24) is 5.32 Å². The number of aliphatic hydroxyl groups is 1. The molecule has 0 bridgehead atoms. The third-order valence-electron chi connectivity index (χ3n) is 11.3. The molecule has 0 aliphatic rings. The van der Waals surface area contributed by atoms with Crippen LogP contribution in [0.25, 0.3) is 0 Å². The Morgan fingerprint density at radius 3 is 1.43 bits per heavy atom. The Balaban J connectivity index is 4.40. The molecule has 2 N–H and O–H groups in total. The van der Waals surface area contributed by atoms with Gasteiger partial charge >= 0.3 is 0 Å². The van der Waals surface area contributed by atoms with Gasteiger partial charge in [-0.05, 0) is 77.0 Å². The van der Waals surface area contributed by atoms with Crippen molar-refractivity contribution in [1.29, 1.82) is 0 Å². The second-order valence-corrected chi connectivity index (χ2v) is 20.2. The Labute approximate surface area is 401 Å². The van der Waals surface area contributed by atoms with Gasteiger partial charge in [-0.2, -0.15) is 0 Å². The first-order chi connectivity index (χ1) is 31.5. The highest BCUT2D eigenvalue weighted by molar-refractivity contribution is 7.45. The second kappa shape index (κ2) is 46.8. The largest absolute Gasteiger partial charge is 0.756 e. The van der Waals surface area contributed by atoms with E-state index in [1.807, 2.05) is 27.2 Å². The van der Waals surface area contributed by atoms with Gasteiger partial charge in [0.25, 0.3) is 7.82 Å². The lowest BCUT2D eigenvalue weighted by Gasteiger charge is -2.29. The van der Waals surface area contributed by atoms with Crippen molar-refractivity contribution in [3.63, 3.8) is 0 Å². The molecular weight excluding hydrogens is 828 g/mol. The van der Waals surface area contributed by atoms with Crippen molar-refractivity contribution in [3.05, 3.63) is 85.1 Å². The zero-order valence-corrected chi connectivity index (χ0v) is 43.6. The summed E-state index contributed by atoms with van der Waals surface area (Å²) in [5.74, 6) is -0.241. The van der Waals surface area contributed by atoms with Gasteiger partial charge in [0.15, 0.2) is 0 Å². The molecule has 0 spiro atoms. The van der Waals surface area contributed by atoms with E-state index in [2.05, 4.69) is 92.1 Å². The van der Waals surface area contributed by atoms with Crippen LogP contribution in [0.4, 0.5) is 0 Å². The van der Waals surface area contributed by atoms with Crippen LogP contribution in [0, 0.1) is 0 Å². The van der Waals surface area contributed by atoms with Gasteiger partial charge in [-0.25, -0.2) is 0 Å². The molecule has 376 valence electrons. The minimum atomic E-state index is -4.62. The fourth-order valence-corrected chi connectivity index (χ4v) is 7.92. The monoisotopic (exact) mass is 929 g/mol. The number of hydrogen-bond donors (Lipinski definition) is 2. The molecule has 0 aliphatic heterocycles. The fraction of sp³-hybridized carbons (Fsp3) is 0.732. The first kappa shape index (κ1) is 62.7. The molecule has 3 unspecified atom stereocenters. The summed E-state index contributed by atoms with van der Waals surface area (Å²) in [6.45, 7) is 4.49. The average molecular weight is 929 g/mol. The number of quaternary nitrogens is 1. The van der Waals surface area contributed by atoms with E-state index in [1.54, 1.807) is 6.08 Å². The number of rotatable bonds is 47. The minimum Gasteiger partial charge on any atom is -0.756 e. The van der Waals surface area contributed by atoms with Gasteiger partial charge in [-0.1, -0.05) is 214 Å². The predicted octanol–water partition coefficient (Wildman–Crippen LogP) is 15.1. The zero-order chi connectivity index (χ0) is 47.8. The van der Waals surface area contributed by atoms with Crippen molar-refractivity contribution in [3.8, 4) is 0 Å². The molecule has 8 nitrogen and oxygen atoms in total. The summed E-state index contributed by atoms with van der Waals surface area (Å²) in [5.41, 5.74) is 0. The molecule has 0 radical (unpaired) electrons. The number of carbonyl (C=O) groups is 1. The zero-order valence-electron chi connectivity index (χ0n) is 42.7. The molecule has 0 aromatic carbocycles. The van der Waals surface area contributed by atoms with Crippen LogP contribution >= 0.6 is 7.82 Å². The molecule has 1 amide bonds. The number of phosphoric acid groups is 1. The lowest BCUT2D eigenvalue weighted by atomic mass is 10.0. The number of nitrogens with zero attached hydrogens (tertiary/aromatic N) is 1. The summed E-state index contributed by atoms with van der Waals surface area (Å²) in [7, 11) is 1.21. The molecule has 0 rings (SSSR count). The third kappa shape index (κ3) is 49.4. The number of allylic oxidation sites excluding steroid dienone is 13. The van der Waals surface area contributed by atoms with Crippen molar-refractivity contribution in [2.45, 2.75) is 225 Å². The number of nitrogens with one attached hydrogen (secondary N) is 1. The molecule has 0 saturated heterocycles. The van der Waals surface area contributed by atoms with Crippen LogP contribution in [-0.4, -0.2) is 68.5 Å². The molecule has 0 saturated carbocycles. The van der Waals surface area contributed by atoms with Crippen molar-refractivity contribution < 1.29 is 32.9 Å². The Bertz CT molecular complexity index is 1330. The maximum absolute atomic E-state index is 12.9. The molecule has 0 heterocycles. The molecule has 3 atom stereocenters. The van der Waals surface area contributed by atoms with Crippen molar-refractivity contribution >= 4 is 13.7 Å². The van der Waals surface area contributed by atoms with Gasteiger partial charge in [0.05, 0.1) is 39.9 Å². The van der Waals surface area contributed by atoms with E-state index in [-0.39, 0.29) is 18.9 Å². The highest BCUT2D eigenvalue weighted by Crippen LogP contribution is 2.38. The Morgan fingerprint density at radius 2 is 0.954 bits per heavy atom. The van der Waals surface area contributed by atoms with E-state index in [9.17, 15) is 19.4 Å². The lowest BCUT2D eigenvalue weighted by molar-refractivity contribution is -0.870. The minimum absolute atomic E-state index is 0.0174. The quantitative estimate of drug-likeness (QED) is 0.0272. The molecular formula is C56H101N2O6P. The normalized spacial score (nSPS) is 14.8. The van der Waals surface area contributed by atoms with Crippen molar-refractivity contribution in [2.24, 2.45) is 0 Å².